The van der Waals surface area contributed by atoms with Crippen LogP contribution in [0.15, 0.2) is 48.5 Å². The van der Waals surface area contributed by atoms with Crippen LogP contribution in [-0.4, -0.2) is 92.5 Å². The van der Waals surface area contributed by atoms with Crippen molar-refractivity contribution in [2.24, 2.45) is 5.92 Å². The second-order valence-corrected chi connectivity index (χ2v) is 9.28. The molecule has 35 heavy (non-hydrogen) atoms. The topological polar surface area (TPSA) is 108 Å². The molecule has 1 aliphatic heterocycles. The minimum absolute atomic E-state index is 0.0514. The monoisotopic (exact) mass is 481 g/mol. The van der Waals surface area contributed by atoms with Crippen molar-refractivity contribution in [3.8, 4) is 11.1 Å². The van der Waals surface area contributed by atoms with Crippen molar-refractivity contribution in [2.45, 2.75) is 18.0 Å². The molecular formula is C26H31N3O6. The highest BCUT2D eigenvalue weighted by Gasteiger charge is 2.40. The number of rotatable bonds is 8. The first-order chi connectivity index (χ1) is 16.8. The van der Waals surface area contributed by atoms with Crippen molar-refractivity contribution in [1.82, 2.24) is 15.1 Å². The molecule has 0 saturated carbocycles. The highest BCUT2D eigenvalue weighted by molar-refractivity contribution is 5.87. The quantitative estimate of drug-likeness (QED) is 0.594. The number of carbonyl (C=O) groups is 3. The molecule has 1 fully saturated rings. The van der Waals surface area contributed by atoms with Gasteiger partial charge in [0.05, 0.1) is 19.3 Å². The summed E-state index contributed by atoms with van der Waals surface area (Å²) in [5.74, 6) is -2.31. The number of carboxylic acids is 1. The number of likely N-dealkylation sites (N-methyl/N-ethyl adjacent to an activating group) is 2. The summed E-state index contributed by atoms with van der Waals surface area (Å²) in [6.07, 6.45) is -0.696. The number of nitrogens with one attached hydrogen (secondary N) is 1. The van der Waals surface area contributed by atoms with Crippen LogP contribution in [0.5, 0.6) is 0 Å². The number of alkyl carbamates (subject to hydrolysis) is 1. The van der Waals surface area contributed by atoms with Gasteiger partial charge in [-0.1, -0.05) is 48.5 Å². The Labute approximate surface area is 204 Å². The highest BCUT2D eigenvalue weighted by atomic mass is 16.5. The lowest BCUT2D eigenvalue weighted by Crippen LogP contribution is -2.56. The molecule has 2 aliphatic rings. The van der Waals surface area contributed by atoms with Crippen molar-refractivity contribution in [3.63, 3.8) is 0 Å². The fraction of sp³-hybridized carbons (Fsp3) is 0.423. The van der Waals surface area contributed by atoms with Gasteiger partial charge in [0.2, 0.25) is 5.91 Å². The van der Waals surface area contributed by atoms with Gasteiger partial charge < -0.3 is 29.7 Å². The van der Waals surface area contributed by atoms with Gasteiger partial charge in [-0.3, -0.25) is 9.59 Å². The SMILES string of the molecule is CN(C)C[C@H](NC(=O)OCC1c2ccccc2-c2ccccc21)C(=O)N(C)C1COCC1C(=O)O. The summed E-state index contributed by atoms with van der Waals surface area (Å²) in [5, 5.41) is 12.1. The third-order valence-corrected chi connectivity index (χ3v) is 6.69. The fourth-order valence-electron chi connectivity index (χ4n) is 4.90. The summed E-state index contributed by atoms with van der Waals surface area (Å²) < 4.78 is 10.9. The average molecular weight is 482 g/mol. The summed E-state index contributed by atoms with van der Waals surface area (Å²) in [5.41, 5.74) is 4.46. The molecule has 1 aliphatic carbocycles. The zero-order chi connectivity index (χ0) is 25.1. The Morgan fingerprint density at radius 1 is 1.03 bits per heavy atom. The van der Waals surface area contributed by atoms with E-state index < -0.39 is 36.0 Å². The van der Waals surface area contributed by atoms with E-state index in [0.717, 1.165) is 22.3 Å². The Morgan fingerprint density at radius 3 is 2.20 bits per heavy atom. The zero-order valence-electron chi connectivity index (χ0n) is 20.1. The second-order valence-electron chi connectivity index (χ2n) is 9.28. The molecule has 9 heteroatoms. The lowest BCUT2D eigenvalue weighted by atomic mass is 9.98. The van der Waals surface area contributed by atoms with Crippen LogP contribution in [0.1, 0.15) is 17.0 Å². The third kappa shape index (κ3) is 5.16. The van der Waals surface area contributed by atoms with Crippen molar-refractivity contribution < 1.29 is 29.0 Å². The molecule has 1 saturated heterocycles. The molecule has 2 aromatic carbocycles. The molecule has 4 rings (SSSR count). The molecule has 2 N–H and O–H groups in total. The minimum Gasteiger partial charge on any atom is -0.481 e. The molecule has 0 bridgehead atoms. The number of ether oxygens (including phenoxy) is 2. The summed E-state index contributed by atoms with van der Waals surface area (Å²) in [4.78, 5) is 40.7. The van der Waals surface area contributed by atoms with Crippen LogP contribution in [0.25, 0.3) is 11.1 Å². The third-order valence-electron chi connectivity index (χ3n) is 6.69. The van der Waals surface area contributed by atoms with E-state index in [1.807, 2.05) is 36.4 Å². The van der Waals surface area contributed by atoms with Crippen molar-refractivity contribution in [3.05, 3.63) is 59.7 Å². The van der Waals surface area contributed by atoms with E-state index in [9.17, 15) is 19.5 Å². The number of fused-ring (bicyclic) bond motifs is 3. The number of nitrogens with zero attached hydrogens (tertiary/aromatic N) is 2. The first-order valence-electron chi connectivity index (χ1n) is 11.6. The normalized spacial score (nSPS) is 19.7. The molecule has 0 aromatic heterocycles. The van der Waals surface area contributed by atoms with Crippen LogP contribution in [0.3, 0.4) is 0 Å². The van der Waals surface area contributed by atoms with E-state index in [4.69, 9.17) is 9.47 Å². The molecule has 0 radical (unpaired) electrons. The Morgan fingerprint density at radius 2 is 1.63 bits per heavy atom. The Kier molecular flexibility index (Phi) is 7.37. The van der Waals surface area contributed by atoms with Crippen LogP contribution in [0.4, 0.5) is 4.79 Å². The standard InChI is InChI=1S/C26H31N3O6/c1-28(2)12-22(24(30)29(3)23-15-34-13-21(23)25(31)32)27-26(33)35-14-20-18-10-6-4-8-16(18)17-9-5-7-11-19(17)20/h4-11,20-23H,12-15H2,1-3H3,(H,27,33)(H,31,32)/t21?,22-,23?/m0/s1. The molecule has 2 aromatic rings. The maximum Gasteiger partial charge on any atom is 0.407 e. The van der Waals surface area contributed by atoms with Crippen molar-refractivity contribution in [2.75, 3.05) is 47.5 Å². The summed E-state index contributed by atoms with van der Waals surface area (Å²) in [6, 6.07) is 14.6. The van der Waals surface area contributed by atoms with Crippen LogP contribution in [0.2, 0.25) is 0 Å². The van der Waals surface area contributed by atoms with E-state index in [-0.39, 0.29) is 32.3 Å². The molecule has 0 spiro atoms. The van der Waals surface area contributed by atoms with Gasteiger partial charge in [-0.15, -0.1) is 0 Å². The fourth-order valence-corrected chi connectivity index (χ4v) is 4.90. The summed E-state index contributed by atoms with van der Waals surface area (Å²) in [7, 11) is 5.12. The van der Waals surface area contributed by atoms with Crippen LogP contribution < -0.4 is 5.32 Å². The van der Waals surface area contributed by atoms with Crippen molar-refractivity contribution in [1.29, 1.82) is 0 Å². The van der Waals surface area contributed by atoms with Crippen LogP contribution in [0, 0.1) is 5.92 Å². The van der Waals surface area contributed by atoms with E-state index >= 15 is 0 Å². The average Bonchev–Trinajstić information content (AvgIpc) is 3.45. The Balaban J connectivity index is 1.43. The van der Waals surface area contributed by atoms with E-state index in [2.05, 4.69) is 17.4 Å². The van der Waals surface area contributed by atoms with Crippen LogP contribution >= 0.6 is 0 Å². The van der Waals surface area contributed by atoms with Gasteiger partial charge in [-0.2, -0.15) is 0 Å². The van der Waals surface area contributed by atoms with Gasteiger partial charge in [-0.05, 0) is 36.3 Å². The van der Waals surface area contributed by atoms with E-state index in [0.29, 0.717) is 0 Å². The molecule has 3 atom stereocenters. The predicted octanol–water partition coefficient (Wildman–Crippen LogP) is 2.01. The number of hydrogen-bond acceptors (Lipinski definition) is 6. The van der Waals surface area contributed by atoms with Crippen molar-refractivity contribution >= 4 is 18.0 Å². The number of aliphatic carboxylic acids is 1. The lowest BCUT2D eigenvalue weighted by Gasteiger charge is -2.31. The van der Waals surface area contributed by atoms with Gasteiger partial charge in [0.1, 0.15) is 18.6 Å². The number of amides is 2. The molecule has 2 unspecified atom stereocenters. The molecule has 2 amide bonds. The first kappa shape index (κ1) is 24.7. The van der Waals surface area contributed by atoms with E-state index in [1.54, 1.807) is 26.0 Å². The second kappa shape index (κ2) is 10.5. The van der Waals surface area contributed by atoms with Crippen LogP contribution in [-0.2, 0) is 19.1 Å². The maximum atomic E-state index is 13.2. The lowest BCUT2D eigenvalue weighted by molar-refractivity contribution is -0.145. The highest BCUT2D eigenvalue weighted by Crippen LogP contribution is 2.44. The number of benzene rings is 2. The van der Waals surface area contributed by atoms with Gasteiger partial charge in [0.15, 0.2) is 0 Å². The zero-order valence-corrected chi connectivity index (χ0v) is 20.1. The molecule has 9 nitrogen and oxygen atoms in total. The minimum atomic E-state index is -1.01. The summed E-state index contributed by atoms with van der Waals surface area (Å²) in [6.45, 7) is 0.559. The molecule has 1 heterocycles. The Bertz CT molecular complexity index is 1060. The number of carbonyl (C=O) groups excluding carboxylic acids is 2. The Hall–Kier alpha value is -3.43. The summed E-state index contributed by atoms with van der Waals surface area (Å²) >= 11 is 0. The van der Waals surface area contributed by atoms with E-state index in [1.165, 1.54) is 4.90 Å². The largest absolute Gasteiger partial charge is 0.481 e. The smallest absolute Gasteiger partial charge is 0.407 e. The van der Waals surface area contributed by atoms with Gasteiger partial charge in [-0.25, -0.2) is 4.79 Å². The first-order valence-corrected chi connectivity index (χ1v) is 11.6. The van der Waals surface area contributed by atoms with Gasteiger partial charge in [0, 0.05) is 19.5 Å². The van der Waals surface area contributed by atoms with Gasteiger partial charge in [0.25, 0.3) is 0 Å². The molecule has 186 valence electrons. The van der Waals surface area contributed by atoms with Gasteiger partial charge >= 0.3 is 12.1 Å². The molecular weight excluding hydrogens is 450 g/mol. The number of hydrogen-bond donors (Lipinski definition) is 2. The maximum absolute atomic E-state index is 13.2. The number of carboxylic acid groups (broad SMARTS) is 1. The predicted molar refractivity (Wildman–Crippen MR) is 129 cm³/mol.